The number of amides is 1. The molecule has 1 amide bonds. The third-order valence-corrected chi connectivity index (χ3v) is 6.08. The molecule has 1 aliphatic heterocycles. The van der Waals surface area contributed by atoms with Crippen molar-refractivity contribution >= 4 is 5.91 Å². The molecule has 1 aliphatic rings. The number of carbonyl (C=O) groups is 1. The fourth-order valence-electron chi connectivity index (χ4n) is 4.36. The second-order valence-electron chi connectivity index (χ2n) is 9.27. The summed E-state index contributed by atoms with van der Waals surface area (Å²) in [6.07, 6.45) is 4.81. The first kappa shape index (κ1) is 24.8. The van der Waals surface area contributed by atoms with Crippen LogP contribution in [0.5, 0.6) is 5.75 Å². The number of aliphatic hydroxyl groups excluding tert-OH is 1. The largest absolute Gasteiger partial charge is 0.491 e. The van der Waals surface area contributed by atoms with Crippen LogP contribution in [0.1, 0.15) is 53.9 Å². The van der Waals surface area contributed by atoms with Crippen LogP contribution < -0.4 is 10.1 Å². The minimum atomic E-state index is -0.220. The van der Waals surface area contributed by atoms with Crippen LogP contribution in [0.4, 0.5) is 0 Å². The van der Waals surface area contributed by atoms with Gasteiger partial charge in [0.1, 0.15) is 18.2 Å². The molecule has 0 spiro atoms. The van der Waals surface area contributed by atoms with E-state index >= 15 is 0 Å². The van der Waals surface area contributed by atoms with E-state index in [-0.39, 0.29) is 18.6 Å². The summed E-state index contributed by atoms with van der Waals surface area (Å²) < 4.78 is 7.64. The predicted molar refractivity (Wildman–Crippen MR) is 132 cm³/mol. The highest BCUT2D eigenvalue weighted by atomic mass is 16.5. The lowest BCUT2D eigenvalue weighted by atomic mass is 10.0. The number of ether oxygens (including phenoxy) is 1. The summed E-state index contributed by atoms with van der Waals surface area (Å²) in [6.45, 7) is 7.95. The van der Waals surface area contributed by atoms with E-state index in [0.29, 0.717) is 18.1 Å². The van der Waals surface area contributed by atoms with Crippen molar-refractivity contribution < 1.29 is 14.6 Å². The molecule has 1 unspecified atom stereocenters. The van der Waals surface area contributed by atoms with E-state index < -0.39 is 0 Å². The van der Waals surface area contributed by atoms with Crippen LogP contribution in [0.2, 0.25) is 0 Å². The number of aliphatic hydroxyl groups is 1. The maximum Gasteiger partial charge on any atom is 0.253 e. The lowest BCUT2D eigenvalue weighted by Gasteiger charge is -2.22. The van der Waals surface area contributed by atoms with Gasteiger partial charge in [0, 0.05) is 45.0 Å². The first-order chi connectivity index (χ1) is 17.0. The Bertz CT molecular complexity index is 1080. The van der Waals surface area contributed by atoms with E-state index in [4.69, 9.17) is 9.84 Å². The van der Waals surface area contributed by atoms with Gasteiger partial charge in [-0.25, -0.2) is 0 Å². The summed E-state index contributed by atoms with van der Waals surface area (Å²) in [5.41, 5.74) is 1.75. The Morgan fingerprint density at radius 2 is 1.97 bits per heavy atom. The molecule has 0 radical (unpaired) electrons. The summed E-state index contributed by atoms with van der Waals surface area (Å²) in [5.74, 6) is 2.77. The number of hydrogen-bond donors (Lipinski definition) is 2. The first-order valence-electron chi connectivity index (χ1n) is 12.2. The zero-order valence-electron chi connectivity index (χ0n) is 20.4. The van der Waals surface area contributed by atoms with Crippen molar-refractivity contribution in [3.63, 3.8) is 0 Å². The van der Waals surface area contributed by atoms with Gasteiger partial charge in [-0.3, -0.25) is 14.7 Å². The van der Waals surface area contributed by atoms with Gasteiger partial charge in [0.25, 0.3) is 5.91 Å². The lowest BCUT2D eigenvalue weighted by molar-refractivity contribution is 0.0928. The van der Waals surface area contributed by atoms with E-state index in [2.05, 4.69) is 55.9 Å². The van der Waals surface area contributed by atoms with Gasteiger partial charge in [0.15, 0.2) is 5.82 Å². The molecule has 2 aromatic heterocycles. The van der Waals surface area contributed by atoms with Crippen molar-refractivity contribution in [2.75, 3.05) is 26.3 Å². The highest BCUT2D eigenvalue weighted by Crippen LogP contribution is 2.23. The highest BCUT2D eigenvalue weighted by Gasteiger charge is 2.26. The molecule has 0 saturated carbocycles. The number of carbonyl (C=O) groups excluding carboxylic acids is 1. The Hall–Kier alpha value is -3.30. The number of benzene rings is 1. The van der Waals surface area contributed by atoms with Crippen LogP contribution in [0, 0.1) is 5.92 Å². The summed E-state index contributed by atoms with van der Waals surface area (Å²) in [6, 6.07) is 11.3. The topological polar surface area (TPSA) is 105 Å². The molecule has 1 aromatic carbocycles. The SMILES string of the molecule is CC(C)CC(NC(=O)c1cccnc1)c1nnc2n1CCN(Cc1ccc(OCCO)cc1)CC2. The fraction of sp³-hybridized carbons (Fsp3) is 0.462. The van der Waals surface area contributed by atoms with Crippen LogP contribution in [0.3, 0.4) is 0 Å². The number of nitrogens with zero attached hydrogens (tertiary/aromatic N) is 5. The summed E-state index contributed by atoms with van der Waals surface area (Å²) >= 11 is 0. The second kappa shape index (κ2) is 11.9. The number of fused-ring (bicyclic) bond motifs is 1. The van der Waals surface area contributed by atoms with E-state index in [1.54, 1.807) is 24.5 Å². The highest BCUT2D eigenvalue weighted by molar-refractivity contribution is 5.94. The molecule has 1 atom stereocenters. The number of nitrogens with one attached hydrogen (secondary N) is 1. The molecule has 9 heteroatoms. The Morgan fingerprint density at radius 1 is 1.14 bits per heavy atom. The van der Waals surface area contributed by atoms with Gasteiger partial charge in [0.05, 0.1) is 18.2 Å². The molecular weight excluding hydrogens is 444 g/mol. The predicted octanol–water partition coefficient (Wildman–Crippen LogP) is 2.62. The van der Waals surface area contributed by atoms with Crippen LogP contribution in [0.25, 0.3) is 0 Å². The molecule has 0 bridgehead atoms. The van der Waals surface area contributed by atoms with Crippen LogP contribution in [0.15, 0.2) is 48.8 Å². The molecule has 0 aliphatic carbocycles. The summed E-state index contributed by atoms with van der Waals surface area (Å²) in [4.78, 5) is 19.3. The van der Waals surface area contributed by atoms with Gasteiger partial charge in [-0.2, -0.15) is 0 Å². The van der Waals surface area contributed by atoms with Crippen molar-refractivity contribution in [2.24, 2.45) is 5.92 Å². The van der Waals surface area contributed by atoms with Crippen molar-refractivity contribution in [1.82, 2.24) is 30.0 Å². The third kappa shape index (κ3) is 6.64. The molecule has 186 valence electrons. The number of pyridine rings is 1. The monoisotopic (exact) mass is 478 g/mol. The normalized spacial score (nSPS) is 14.9. The fourth-order valence-corrected chi connectivity index (χ4v) is 4.36. The zero-order chi connectivity index (χ0) is 24.6. The average Bonchev–Trinajstić information content (AvgIpc) is 3.17. The minimum Gasteiger partial charge on any atom is -0.491 e. The van der Waals surface area contributed by atoms with Gasteiger partial charge in [-0.1, -0.05) is 26.0 Å². The summed E-state index contributed by atoms with van der Waals surface area (Å²) in [5, 5.41) is 21.1. The lowest BCUT2D eigenvalue weighted by Crippen LogP contribution is -2.32. The van der Waals surface area contributed by atoms with E-state index in [1.165, 1.54) is 5.56 Å². The van der Waals surface area contributed by atoms with Crippen LogP contribution in [-0.2, 0) is 19.5 Å². The first-order valence-corrected chi connectivity index (χ1v) is 12.2. The number of rotatable bonds is 10. The molecule has 9 nitrogen and oxygen atoms in total. The molecule has 3 aromatic rings. The van der Waals surface area contributed by atoms with Crippen molar-refractivity contribution in [3.05, 3.63) is 71.6 Å². The molecule has 35 heavy (non-hydrogen) atoms. The molecule has 3 heterocycles. The second-order valence-corrected chi connectivity index (χ2v) is 9.27. The van der Waals surface area contributed by atoms with Crippen LogP contribution >= 0.6 is 0 Å². The molecular formula is C26H34N6O3. The molecule has 4 rings (SSSR count). The van der Waals surface area contributed by atoms with Crippen molar-refractivity contribution in [1.29, 1.82) is 0 Å². The Balaban J connectivity index is 1.43. The number of aromatic nitrogens is 4. The van der Waals surface area contributed by atoms with Gasteiger partial charge in [-0.15, -0.1) is 10.2 Å². The van der Waals surface area contributed by atoms with Gasteiger partial charge in [-0.05, 0) is 42.2 Å². The Kier molecular flexibility index (Phi) is 8.44. The zero-order valence-corrected chi connectivity index (χ0v) is 20.4. The molecule has 2 N–H and O–H groups in total. The maximum absolute atomic E-state index is 12.9. The Labute approximate surface area is 206 Å². The quantitative estimate of drug-likeness (QED) is 0.461. The Morgan fingerprint density at radius 3 is 2.69 bits per heavy atom. The summed E-state index contributed by atoms with van der Waals surface area (Å²) in [7, 11) is 0. The van der Waals surface area contributed by atoms with E-state index in [0.717, 1.165) is 56.4 Å². The maximum atomic E-state index is 12.9. The standard InChI is InChI=1S/C26H34N6O3/c1-19(2)16-23(28-26(34)21-4-3-10-27-17-21)25-30-29-24-9-11-31(12-13-32(24)25)18-20-5-7-22(8-6-20)35-15-14-33/h3-8,10,17,19,23,33H,9,11-16,18H2,1-2H3,(H,28,34). The third-order valence-electron chi connectivity index (χ3n) is 6.08. The van der Waals surface area contributed by atoms with Crippen LogP contribution in [-0.4, -0.2) is 62.0 Å². The molecule has 0 saturated heterocycles. The van der Waals surface area contributed by atoms with Gasteiger partial charge in [0.2, 0.25) is 0 Å². The van der Waals surface area contributed by atoms with Crippen molar-refractivity contribution in [2.45, 2.75) is 45.8 Å². The number of hydrogen-bond acceptors (Lipinski definition) is 7. The average molecular weight is 479 g/mol. The van der Waals surface area contributed by atoms with E-state index in [9.17, 15) is 4.79 Å². The van der Waals surface area contributed by atoms with Crippen molar-refractivity contribution in [3.8, 4) is 5.75 Å². The van der Waals surface area contributed by atoms with Gasteiger partial charge >= 0.3 is 0 Å². The van der Waals surface area contributed by atoms with E-state index in [1.807, 2.05) is 12.1 Å². The molecule has 0 fully saturated rings. The smallest absolute Gasteiger partial charge is 0.253 e. The van der Waals surface area contributed by atoms with Gasteiger partial charge < -0.3 is 19.7 Å². The minimum absolute atomic E-state index is 0.00633.